The molecule has 1 heterocycles. The van der Waals surface area contributed by atoms with E-state index < -0.39 is 0 Å². The van der Waals surface area contributed by atoms with Gasteiger partial charge in [-0.05, 0) is 36.8 Å². The van der Waals surface area contributed by atoms with E-state index in [4.69, 9.17) is 22.2 Å². The maximum Gasteiger partial charge on any atom is 0.145 e. The number of ether oxygens (including phenoxy) is 1. The Labute approximate surface area is 111 Å². The van der Waals surface area contributed by atoms with Gasteiger partial charge in [0.25, 0.3) is 0 Å². The van der Waals surface area contributed by atoms with Gasteiger partial charge in [-0.2, -0.15) is 0 Å². The molecule has 0 aromatic heterocycles. The minimum absolute atomic E-state index is 0.0573. The van der Waals surface area contributed by atoms with Gasteiger partial charge in [-0.15, -0.1) is 0 Å². The van der Waals surface area contributed by atoms with E-state index in [0.29, 0.717) is 17.9 Å². The van der Waals surface area contributed by atoms with Gasteiger partial charge in [0, 0.05) is 19.3 Å². The van der Waals surface area contributed by atoms with E-state index in [1.165, 1.54) is 0 Å². The van der Waals surface area contributed by atoms with Crippen molar-refractivity contribution in [2.45, 2.75) is 25.3 Å². The van der Waals surface area contributed by atoms with Crippen LogP contribution in [0.15, 0.2) is 18.2 Å². The smallest absolute Gasteiger partial charge is 0.145 e. The monoisotopic (exact) mass is 272 g/mol. The van der Waals surface area contributed by atoms with Crippen LogP contribution >= 0.6 is 11.6 Å². The number of rotatable bonds is 4. The first-order valence-electron chi connectivity index (χ1n) is 6.19. The highest BCUT2D eigenvalue weighted by atomic mass is 35.5. The highest BCUT2D eigenvalue weighted by Crippen LogP contribution is 2.24. The largest absolute Gasteiger partial charge is 0.381 e. The first kappa shape index (κ1) is 13.7. The second-order valence-corrected chi connectivity index (χ2v) is 5.05. The summed E-state index contributed by atoms with van der Waals surface area (Å²) in [4.78, 5) is 0. The number of hydrogen-bond acceptors (Lipinski definition) is 3. The van der Waals surface area contributed by atoms with E-state index in [1.807, 2.05) is 0 Å². The van der Waals surface area contributed by atoms with Crippen molar-refractivity contribution in [3.63, 3.8) is 0 Å². The fourth-order valence-electron chi connectivity index (χ4n) is 2.42. The summed E-state index contributed by atoms with van der Waals surface area (Å²) in [5.74, 6) is 5.67. The standard InChI is InChI=1S/C13H18ClFN2O/c14-11-3-1-2-10(13(11)15)8-12(17-16)9-4-6-18-7-5-9/h1-3,9,12,17H,4-8,16H2. The summed E-state index contributed by atoms with van der Waals surface area (Å²) in [5.41, 5.74) is 3.41. The van der Waals surface area contributed by atoms with Gasteiger partial charge >= 0.3 is 0 Å². The maximum absolute atomic E-state index is 13.8. The van der Waals surface area contributed by atoms with Crippen molar-refractivity contribution < 1.29 is 9.13 Å². The zero-order valence-corrected chi connectivity index (χ0v) is 10.9. The van der Waals surface area contributed by atoms with E-state index in [-0.39, 0.29) is 16.9 Å². The van der Waals surface area contributed by atoms with Crippen LogP contribution in [0.4, 0.5) is 4.39 Å². The van der Waals surface area contributed by atoms with Gasteiger partial charge in [0.2, 0.25) is 0 Å². The Morgan fingerprint density at radius 3 is 2.83 bits per heavy atom. The molecular weight excluding hydrogens is 255 g/mol. The minimum Gasteiger partial charge on any atom is -0.381 e. The fourth-order valence-corrected chi connectivity index (χ4v) is 2.62. The molecule has 1 aromatic rings. The van der Waals surface area contributed by atoms with Crippen LogP contribution in [0.25, 0.3) is 0 Å². The lowest BCUT2D eigenvalue weighted by Gasteiger charge is -2.30. The van der Waals surface area contributed by atoms with Crippen LogP contribution in [0.5, 0.6) is 0 Å². The molecule has 1 fully saturated rings. The normalized spacial score (nSPS) is 18.8. The van der Waals surface area contributed by atoms with E-state index in [1.54, 1.807) is 18.2 Å². The molecule has 1 aliphatic rings. The highest BCUT2D eigenvalue weighted by Gasteiger charge is 2.24. The molecule has 0 radical (unpaired) electrons. The molecule has 0 amide bonds. The Kier molecular flexibility index (Phi) is 4.95. The lowest BCUT2D eigenvalue weighted by molar-refractivity contribution is 0.0537. The van der Waals surface area contributed by atoms with Crippen molar-refractivity contribution in [3.8, 4) is 0 Å². The third-order valence-corrected chi connectivity index (χ3v) is 3.81. The summed E-state index contributed by atoms with van der Waals surface area (Å²) >= 11 is 5.78. The lowest BCUT2D eigenvalue weighted by atomic mass is 9.88. The summed E-state index contributed by atoms with van der Waals surface area (Å²) < 4.78 is 19.2. The van der Waals surface area contributed by atoms with E-state index in [9.17, 15) is 4.39 Å². The second kappa shape index (κ2) is 6.48. The summed E-state index contributed by atoms with van der Waals surface area (Å²) in [6, 6.07) is 5.13. The molecule has 3 nitrogen and oxygen atoms in total. The maximum atomic E-state index is 13.8. The quantitative estimate of drug-likeness (QED) is 0.653. The second-order valence-electron chi connectivity index (χ2n) is 4.64. The molecule has 100 valence electrons. The Morgan fingerprint density at radius 1 is 1.44 bits per heavy atom. The molecule has 5 heteroatoms. The molecule has 1 atom stereocenters. The van der Waals surface area contributed by atoms with Gasteiger partial charge in [-0.3, -0.25) is 11.3 Å². The lowest BCUT2D eigenvalue weighted by Crippen LogP contribution is -2.44. The fraction of sp³-hybridized carbons (Fsp3) is 0.538. The predicted molar refractivity (Wildman–Crippen MR) is 69.8 cm³/mol. The number of hydrazine groups is 1. The van der Waals surface area contributed by atoms with Crippen molar-refractivity contribution in [1.29, 1.82) is 0 Å². The average Bonchev–Trinajstić information content (AvgIpc) is 2.41. The topological polar surface area (TPSA) is 47.3 Å². The van der Waals surface area contributed by atoms with E-state index in [2.05, 4.69) is 5.43 Å². The van der Waals surface area contributed by atoms with Gasteiger partial charge in [0.05, 0.1) is 5.02 Å². The molecule has 3 N–H and O–H groups in total. The number of nitrogens with one attached hydrogen (secondary N) is 1. The SMILES string of the molecule is NNC(Cc1cccc(Cl)c1F)C1CCOCC1. The van der Waals surface area contributed by atoms with Crippen LogP contribution in [-0.4, -0.2) is 19.3 Å². The molecule has 2 rings (SSSR count). The predicted octanol–water partition coefficient (Wildman–Crippen LogP) is 2.28. The highest BCUT2D eigenvalue weighted by molar-refractivity contribution is 6.30. The van der Waals surface area contributed by atoms with Gasteiger partial charge in [-0.1, -0.05) is 23.7 Å². The Balaban J connectivity index is 2.07. The third-order valence-electron chi connectivity index (χ3n) is 3.52. The van der Waals surface area contributed by atoms with Crippen LogP contribution in [0, 0.1) is 11.7 Å². The molecule has 1 aromatic carbocycles. The van der Waals surface area contributed by atoms with Gasteiger partial charge in [0.15, 0.2) is 0 Å². The van der Waals surface area contributed by atoms with Crippen LogP contribution in [-0.2, 0) is 11.2 Å². The molecule has 1 aliphatic heterocycles. The molecule has 0 aliphatic carbocycles. The average molecular weight is 273 g/mol. The van der Waals surface area contributed by atoms with E-state index in [0.717, 1.165) is 26.1 Å². The summed E-state index contributed by atoms with van der Waals surface area (Å²) in [5, 5.41) is 0.162. The third kappa shape index (κ3) is 3.20. The van der Waals surface area contributed by atoms with E-state index >= 15 is 0 Å². The Bertz CT molecular complexity index is 397. The first-order chi connectivity index (χ1) is 8.72. The zero-order valence-electron chi connectivity index (χ0n) is 10.2. The van der Waals surface area contributed by atoms with Crippen LogP contribution in [0.3, 0.4) is 0 Å². The van der Waals surface area contributed by atoms with Crippen LogP contribution in [0.1, 0.15) is 18.4 Å². The molecular formula is C13H18ClFN2O. The van der Waals surface area contributed by atoms with Crippen molar-refractivity contribution in [3.05, 3.63) is 34.6 Å². The molecule has 0 saturated carbocycles. The van der Waals surface area contributed by atoms with Crippen molar-refractivity contribution >= 4 is 11.6 Å². The zero-order chi connectivity index (χ0) is 13.0. The van der Waals surface area contributed by atoms with Crippen molar-refractivity contribution in [2.75, 3.05) is 13.2 Å². The summed E-state index contributed by atoms with van der Waals surface area (Å²) in [7, 11) is 0. The number of halogens is 2. The van der Waals surface area contributed by atoms with Gasteiger partial charge < -0.3 is 4.74 Å². The Hall–Kier alpha value is -0.680. The Morgan fingerprint density at radius 2 is 2.17 bits per heavy atom. The first-order valence-corrected chi connectivity index (χ1v) is 6.57. The molecule has 1 unspecified atom stereocenters. The number of benzene rings is 1. The van der Waals surface area contributed by atoms with Gasteiger partial charge in [-0.25, -0.2) is 4.39 Å². The summed E-state index contributed by atoms with van der Waals surface area (Å²) in [6.07, 6.45) is 2.46. The number of hydrogen-bond donors (Lipinski definition) is 2. The minimum atomic E-state index is -0.341. The van der Waals surface area contributed by atoms with Crippen molar-refractivity contribution in [1.82, 2.24) is 5.43 Å². The summed E-state index contributed by atoms with van der Waals surface area (Å²) in [6.45, 7) is 1.50. The van der Waals surface area contributed by atoms with Crippen LogP contribution < -0.4 is 11.3 Å². The molecule has 0 spiro atoms. The molecule has 18 heavy (non-hydrogen) atoms. The van der Waals surface area contributed by atoms with Crippen molar-refractivity contribution in [2.24, 2.45) is 11.8 Å². The molecule has 0 bridgehead atoms. The van der Waals surface area contributed by atoms with Crippen LogP contribution in [0.2, 0.25) is 5.02 Å². The molecule has 1 saturated heterocycles. The van der Waals surface area contributed by atoms with Gasteiger partial charge in [0.1, 0.15) is 5.82 Å². The number of nitrogens with two attached hydrogens (primary N) is 1.